The van der Waals surface area contributed by atoms with Crippen molar-refractivity contribution >= 4 is 23.7 Å². The molecule has 0 amide bonds. The molecule has 6 fully saturated rings. The molecule has 0 unspecified atom stereocenters. The first kappa shape index (κ1) is 46.6. The quantitative estimate of drug-likeness (QED) is 0.135. The molecule has 2 heterocycles. The summed E-state index contributed by atoms with van der Waals surface area (Å²) in [5, 5.41) is 83.0. The topological polar surface area (TPSA) is 267 Å². The van der Waals surface area contributed by atoms with Gasteiger partial charge >= 0.3 is 37.4 Å². The van der Waals surface area contributed by atoms with Gasteiger partial charge in [0.1, 0.15) is 36.6 Å². The summed E-state index contributed by atoms with van der Waals surface area (Å²) in [7, 11) is 0. The van der Waals surface area contributed by atoms with E-state index in [-0.39, 0.29) is 53.8 Å². The van der Waals surface area contributed by atoms with E-state index in [4.69, 9.17) is 18.9 Å². The molecule has 2 saturated heterocycles. The van der Waals surface area contributed by atoms with Crippen molar-refractivity contribution in [1.29, 1.82) is 0 Å². The first-order valence-corrected chi connectivity index (χ1v) is 20.7. The van der Waals surface area contributed by atoms with Crippen LogP contribution in [0.25, 0.3) is 0 Å². The van der Waals surface area contributed by atoms with Crippen molar-refractivity contribution in [3.05, 3.63) is 11.6 Å². The number of fused-ring (bicyclic) bond motifs is 7. The molecule has 326 valence electrons. The Kier molecular flexibility index (Phi) is 12.2. The van der Waals surface area contributed by atoms with Crippen molar-refractivity contribution in [3.63, 3.8) is 0 Å². The molecule has 0 aromatic heterocycles. The van der Waals surface area contributed by atoms with E-state index in [2.05, 4.69) is 27.7 Å². The van der Waals surface area contributed by atoms with Gasteiger partial charge in [-0.2, -0.15) is 0 Å². The minimum absolute atomic E-state index is 0. The Morgan fingerprint density at radius 3 is 1.86 bits per heavy atom. The second-order valence-corrected chi connectivity index (χ2v) is 20.6. The van der Waals surface area contributed by atoms with Crippen LogP contribution in [0.4, 0.5) is 0 Å². The molecular weight excluding hydrogens is 826 g/mol. The Labute approximate surface area is 356 Å². The van der Waals surface area contributed by atoms with Gasteiger partial charge in [0.2, 0.25) is 0 Å². The molecule has 17 heteroatoms. The third kappa shape index (κ3) is 6.91. The zero-order valence-electron chi connectivity index (χ0n) is 35.1. The number of ketones is 1. The van der Waals surface area contributed by atoms with E-state index in [0.29, 0.717) is 25.7 Å². The van der Waals surface area contributed by atoms with Crippen molar-refractivity contribution in [2.75, 3.05) is 0 Å². The van der Waals surface area contributed by atoms with Gasteiger partial charge in [0.25, 0.3) is 0 Å². The van der Waals surface area contributed by atoms with E-state index in [1.54, 1.807) is 0 Å². The average molecular weight is 888 g/mol. The zero-order chi connectivity index (χ0) is 42.9. The van der Waals surface area contributed by atoms with Gasteiger partial charge in [-0.15, -0.1) is 0 Å². The maximum atomic E-state index is 14.8. The number of carboxylic acid groups (broad SMARTS) is 3. The number of aliphatic hydroxyl groups is 5. The fourth-order valence-corrected chi connectivity index (χ4v) is 13.4. The number of carbonyl (C=O) groups is 4. The summed E-state index contributed by atoms with van der Waals surface area (Å²) in [6, 6.07) is 0. The Hall–Kier alpha value is -1.92. The number of hydrogen-bond acceptors (Lipinski definition) is 13. The van der Waals surface area contributed by atoms with Crippen LogP contribution in [0.1, 0.15) is 106 Å². The fourth-order valence-electron chi connectivity index (χ4n) is 13.4. The van der Waals surface area contributed by atoms with Crippen molar-refractivity contribution in [3.8, 4) is 0 Å². The van der Waals surface area contributed by atoms with Gasteiger partial charge in [-0.3, -0.25) is 9.59 Å². The van der Waals surface area contributed by atoms with Gasteiger partial charge in [0.05, 0.1) is 11.5 Å². The number of carboxylic acids is 3. The smallest absolute Gasteiger partial charge is 0.481 e. The molecule has 0 bridgehead atoms. The number of allylic oxidation sites excluding steroid dienone is 2. The van der Waals surface area contributed by atoms with Crippen LogP contribution in [0, 0.1) is 50.2 Å². The first-order valence-electron chi connectivity index (χ1n) is 20.7. The predicted octanol–water partition coefficient (Wildman–Crippen LogP) is 2.24. The van der Waals surface area contributed by atoms with Crippen LogP contribution in [-0.4, -0.2) is 132 Å². The molecule has 0 aromatic rings. The van der Waals surface area contributed by atoms with Crippen molar-refractivity contribution in [2.45, 2.75) is 174 Å². The first-order chi connectivity index (χ1) is 26.8. The predicted molar refractivity (Wildman–Crippen MR) is 199 cm³/mol. The number of carbonyl (C=O) groups excluding carboxylic acids is 1. The molecular formula is C42H62O16Zn+2. The van der Waals surface area contributed by atoms with Crippen molar-refractivity contribution < 1.29 is 98.5 Å². The van der Waals surface area contributed by atoms with Gasteiger partial charge in [0.15, 0.2) is 30.6 Å². The molecule has 7 rings (SSSR count). The van der Waals surface area contributed by atoms with Gasteiger partial charge in [0, 0.05) is 5.92 Å². The summed E-state index contributed by atoms with van der Waals surface area (Å²) in [5.74, 6) is -4.47. The summed E-state index contributed by atoms with van der Waals surface area (Å²) >= 11 is 0. The van der Waals surface area contributed by atoms with Gasteiger partial charge in [-0.05, 0) is 110 Å². The summed E-state index contributed by atoms with van der Waals surface area (Å²) in [4.78, 5) is 51.3. The Morgan fingerprint density at radius 1 is 0.695 bits per heavy atom. The van der Waals surface area contributed by atoms with Crippen LogP contribution in [-0.2, 0) is 57.6 Å². The van der Waals surface area contributed by atoms with E-state index >= 15 is 0 Å². The molecule has 0 spiro atoms. The summed E-state index contributed by atoms with van der Waals surface area (Å²) in [6.07, 6.45) is -12.2. The van der Waals surface area contributed by atoms with Gasteiger partial charge in [-0.25, -0.2) is 9.59 Å². The van der Waals surface area contributed by atoms with Crippen LogP contribution in [0.2, 0.25) is 0 Å². The number of aliphatic hydroxyl groups excluding tert-OH is 5. The van der Waals surface area contributed by atoms with Crippen LogP contribution < -0.4 is 0 Å². The fraction of sp³-hybridized carbons (Fsp3) is 0.857. The molecule has 59 heavy (non-hydrogen) atoms. The third-order valence-electron chi connectivity index (χ3n) is 17.2. The minimum Gasteiger partial charge on any atom is -0.481 e. The van der Waals surface area contributed by atoms with Gasteiger partial charge < -0.3 is 59.8 Å². The largest absolute Gasteiger partial charge is 2.00 e. The molecule has 16 nitrogen and oxygen atoms in total. The van der Waals surface area contributed by atoms with E-state index in [0.717, 1.165) is 37.7 Å². The summed E-state index contributed by atoms with van der Waals surface area (Å²) in [6.45, 7) is 14.8. The van der Waals surface area contributed by atoms with Crippen molar-refractivity contribution in [2.24, 2.45) is 50.2 Å². The molecule has 2 aliphatic heterocycles. The van der Waals surface area contributed by atoms with Crippen molar-refractivity contribution in [1.82, 2.24) is 0 Å². The monoisotopic (exact) mass is 886 g/mol. The Morgan fingerprint density at radius 2 is 1.27 bits per heavy atom. The minimum atomic E-state index is -2.05. The Bertz CT molecular complexity index is 1740. The van der Waals surface area contributed by atoms with E-state index in [1.165, 1.54) is 0 Å². The average Bonchev–Trinajstić information content (AvgIpc) is 3.13. The van der Waals surface area contributed by atoms with Crippen LogP contribution in [0.3, 0.4) is 0 Å². The van der Waals surface area contributed by atoms with E-state index in [1.807, 2.05) is 26.8 Å². The molecule has 8 N–H and O–H groups in total. The molecule has 0 aromatic carbocycles. The normalized spacial score (nSPS) is 51.7. The summed E-state index contributed by atoms with van der Waals surface area (Å²) < 4.78 is 23.4. The van der Waals surface area contributed by atoms with E-state index in [9.17, 15) is 60.0 Å². The SMILES string of the molecule is CC1(C)[C@@H](O[C@H]2O[C@H](C(=O)O)[C@@H](O)[C@H](O)[C@H]2O[C@H]2O[C@@H](C(=O)O)[C@H](O)[C@@H](O)[C@@H]2O)CC[C@]2(C)[C@H]3C(=O)C=C4[C@@H]5C[C@@](C)(C(=O)O)CC[C@]5(C)CC[C@@]4(C)[C@]3(C)CC[C@@H]12.[Zn+2]. The van der Waals surface area contributed by atoms with Crippen LogP contribution in [0.15, 0.2) is 11.6 Å². The molecule has 4 saturated carbocycles. The Balaban J connectivity index is 0.00000585. The maximum Gasteiger partial charge on any atom is 2.00 e. The number of ether oxygens (including phenoxy) is 4. The number of hydrogen-bond donors (Lipinski definition) is 8. The molecule has 5 aliphatic carbocycles. The van der Waals surface area contributed by atoms with E-state index < -0.39 is 107 Å². The standard InChI is InChI=1S/C42H62O16.Zn/c1-37(2)21-8-11-42(7)31(20(43)16-18-19-17-39(4,36(53)54)13-12-38(19,3)14-15-41(18,42)6)40(21,5)10-9-22(37)55-35-30(26(47)25(46)29(57-35)33(51)52)58-34-27(48)23(44)24(45)28(56-34)32(49)50;/h16,19,21-31,34-35,44-48H,8-15,17H2,1-7H3,(H,49,50)(H,51,52)(H,53,54);/q;+2/t19-,21-,22-,23+,24+,25-,26-,27-,28+,29-,30+,31+,34+,35-,38+,39-,40-,41+,42+;/m0./s1. The molecule has 0 radical (unpaired) electrons. The second-order valence-electron chi connectivity index (χ2n) is 20.6. The van der Waals surface area contributed by atoms with Gasteiger partial charge in [-0.1, -0.05) is 47.1 Å². The maximum absolute atomic E-state index is 14.8. The zero-order valence-corrected chi connectivity index (χ0v) is 38.0. The number of aliphatic carboxylic acids is 3. The molecule has 19 atom stereocenters. The molecule has 7 aliphatic rings. The number of rotatable bonds is 7. The van der Waals surface area contributed by atoms with Crippen LogP contribution >= 0.6 is 0 Å². The van der Waals surface area contributed by atoms with Crippen LogP contribution in [0.5, 0.6) is 0 Å². The second kappa shape index (κ2) is 15.4. The summed E-state index contributed by atoms with van der Waals surface area (Å²) in [5.41, 5.74) is -1.81. The third-order valence-corrected chi connectivity index (χ3v) is 17.2.